The minimum absolute atomic E-state index is 0.866. The third-order valence-corrected chi connectivity index (χ3v) is 4.01. The molecule has 0 radical (unpaired) electrons. The van der Waals surface area contributed by atoms with Crippen LogP contribution in [-0.4, -0.2) is 29.2 Å². The van der Waals surface area contributed by atoms with Crippen LogP contribution in [0.25, 0.3) is 11.0 Å². The van der Waals surface area contributed by atoms with Crippen molar-refractivity contribution in [1.29, 1.82) is 0 Å². The lowest BCUT2D eigenvalue weighted by atomic mass is 10.1. The van der Waals surface area contributed by atoms with Crippen LogP contribution in [0.1, 0.15) is 18.4 Å². The maximum Gasteiger partial charge on any atom is 0.0955 e. The number of hydrogen-bond acceptors (Lipinski definition) is 3. The molecule has 2 aromatic rings. The Labute approximate surface area is 114 Å². The van der Waals surface area contributed by atoms with Gasteiger partial charge in [0.05, 0.1) is 17.4 Å². The van der Waals surface area contributed by atoms with Gasteiger partial charge in [0, 0.05) is 13.6 Å². The lowest BCUT2D eigenvalue weighted by molar-refractivity contribution is 0.500. The fraction of sp³-hybridized carbons (Fsp3) is 0.533. The van der Waals surface area contributed by atoms with Crippen LogP contribution in [0, 0.1) is 5.92 Å². The molecule has 0 aliphatic carbocycles. The number of hydrogen-bond donors (Lipinski definition) is 2. The summed E-state index contributed by atoms with van der Waals surface area (Å²) in [6.07, 6.45) is 4.48. The zero-order valence-corrected chi connectivity index (χ0v) is 11.5. The third-order valence-electron chi connectivity index (χ3n) is 4.01. The Morgan fingerprint density at radius 2 is 2.42 bits per heavy atom. The van der Waals surface area contributed by atoms with Gasteiger partial charge in [-0.15, -0.1) is 0 Å². The molecule has 19 heavy (non-hydrogen) atoms. The van der Waals surface area contributed by atoms with E-state index >= 15 is 0 Å². The normalized spacial score (nSPS) is 19.3. The molecule has 0 spiro atoms. The lowest BCUT2D eigenvalue weighted by Gasteiger charge is -2.09. The summed E-state index contributed by atoms with van der Waals surface area (Å²) in [6.45, 7) is 4.43. The Bertz CT molecular complexity index is 540. The van der Waals surface area contributed by atoms with Gasteiger partial charge >= 0.3 is 0 Å². The van der Waals surface area contributed by atoms with Crippen LogP contribution in [0.5, 0.6) is 0 Å². The van der Waals surface area contributed by atoms with E-state index in [0.717, 1.165) is 24.5 Å². The molecule has 1 atom stereocenters. The summed E-state index contributed by atoms with van der Waals surface area (Å²) in [5.74, 6) is 0.866. The summed E-state index contributed by atoms with van der Waals surface area (Å²) >= 11 is 0. The van der Waals surface area contributed by atoms with Gasteiger partial charge in [0.25, 0.3) is 0 Å². The van der Waals surface area contributed by atoms with Crippen molar-refractivity contribution < 1.29 is 0 Å². The van der Waals surface area contributed by atoms with E-state index in [2.05, 4.69) is 38.4 Å². The molecule has 1 aromatic heterocycles. The first-order valence-electron chi connectivity index (χ1n) is 7.14. The van der Waals surface area contributed by atoms with Crippen molar-refractivity contribution in [3.63, 3.8) is 0 Å². The second kappa shape index (κ2) is 5.72. The first-order valence-corrected chi connectivity index (χ1v) is 7.14. The van der Waals surface area contributed by atoms with Gasteiger partial charge in [0.1, 0.15) is 0 Å². The molecule has 2 heterocycles. The van der Waals surface area contributed by atoms with E-state index in [1.54, 1.807) is 0 Å². The summed E-state index contributed by atoms with van der Waals surface area (Å²) in [5, 5.41) is 6.95. The van der Waals surface area contributed by atoms with E-state index in [1.165, 1.54) is 37.0 Å². The zero-order valence-electron chi connectivity index (χ0n) is 11.5. The fourth-order valence-corrected chi connectivity index (χ4v) is 2.79. The second-order valence-corrected chi connectivity index (χ2v) is 5.50. The highest BCUT2D eigenvalue weighted by Gasteiger charge is 2.13. The highest BCUT2D eigenvalue weighted by Crippen LogP contribution is 2.14. The van der Waals surface area contributed by atoms with Crippen molar-refractivity contribution in [2.75, 3.05) is 19.6 Å². The fourth-order valence-electron chi connectivity index (χ4n) is 2.79. The van der Waals surface area contributed by atoms with Gasteiger partial charge in [-0.3, -0.25) is 0 Å². The lowest BCUT2D eigenvalue weighted by Crippen LogP contribution is -2.19. The van der Waals surface area contributed by atoms with Gasteiger partial charge in [0.2, 0.25) is 0 Å². The number of benzene rings is 1. The monoisotopic (exact) mass is 258 g/mol. The van der Waals surface area contributed by atoms with Gasteiger partial charge in [-0.2, -0.15) is 0 Å². The highest BCUT2D eigenvalue weighted by atomic mass is 15.0. The average Bonchev–Trinajstić information content (AvgIpc) is 3.05. The van der Waals surface area contributed by atoms with Crippen molar-refractivity contribution in [3.05, 3.63) is 30.1 Å². The Morgan fingerprint density at radius 1 is 1.47 bits per heavy atom. The van der Waals surface area contributed by atoms with Crippen molar-refractivity contribution >= 4 is 11.0 Å². The highest BCUT2D eigenvalue weighted by molar-refractivity contribution is 5.75. The van der Waals surface area contributed by atoms with Crippen molar-refractivity contribution in [1.82, 2.24) is 20.2 Å². The maximum absolute atomic E-state index is 4.40. The number of fused-ring (bicyclic) bond motifs is 1. The van der Waals surface area contributed by atoms with Crippen LogP contribution >= 0.6 is 0 Å². The molecular formula is C15H22N4. The van der Waals surface area contributed by atoms with Crippen molar-refractivity contribution in [2.24, 2.45) is 13.0 Å². The molecule has 0 saturated carbocycles. The van der Waals surface area contributed by atoms with E-state index < -0.39 is 0 Å². The molecule has 4 nitrogen and oxygen atoms in total. The summed E-state index contributed by atoms with van der Waals surface area (Å²) in [7, 11) is 2.03. The molecule has 1 fully saturated rings. The smallest absolute Gasteiger partial charge is 0.0955 e. The molecule has 4 heteroatoms. The van der Waals surface area contributed by atoms with Gasteiger partial charge in [-0.25, -0.2) is 4.98 Å². The topological polar surface area (TPSA) is 41.9 Å². The van der Waals surface area contributed by atoms with E-state index in [0.29, 0.717) is 0 Å². The second-order valence-electron chi connectivity index (χ2n) is 5.50. The van der Waals surface area contributed by atoms with Crippen LogP contribution in [0.3, 0.4) is 0 Å². The first-order chi connectivity index (χ1) is 9.33. The van der Waals surface area contributed by atoms with E-state index in [4.69, 9.17) is 0 Å². The molecule has 1 saturated heterocycles. The molecule has 0 bridgehead atoms. The SMILES string of the molecule is Cn1cnc2cc(CNCCC3CCNC3)ccc21. The predicted molar refractivity (Wildman–Crippen MR) is 78.0 cm³/mol. The minimum Gasteiger partial charge on any atom is -0.334 e. The molecule has 1 unspecified atom stereocenters. The molecular weight excluding hydrogens is 236 g/mol. The van der Waals surface area contributed by atoms with Gasteiger partial charge in [0.15, 0.2) is 0 Å². The molecule has 102 valence electrons. The number of nitrogens with one attached hydrogen (secondary N) is 2. The third kappa shape index (κ3) is 2.96. The van der Waals surface area contributed by atoms with Crippen LogP contribution in [-0.2, 0) is 13.6 Å². The summed E-state index contributed by atoms with van der Waals surface area (Å²) in [5.41, 5.74) is 3.60. The molecule has 0 amide bonds. The number of imidazole rings is 1. The molecule has 3 rings (SSSR count). The van der Waals surface area contributed by atoms with Crippen molar-refractivity contribution in [2.45, 2.75) is 19.4 Å². The van der Waals surface area contributed by atoms with Gasteiger partial charge < -0.3 is 15.2 Å². The molecule has 1 aliphatic rings. The standard InChI is InChI=1S/C15H22N4/c1-19-11-18-14-8-13(2-3-15(14)19)10-17-7-5-12-4-6-16-9-12/h2-3,8,11-12,16-17H,4-7,9-10H2,1H3. The van der Waals surface area contributed by atoms with E-state index in [9.17, 15) is 0 Å². The minimum atomic E-state index is 0.866. The van der Waals surface area contributed by atoms with E-state index in [1.807, 2.05) is 13.4 Å². The first kappa shape index (κ1) is 12.6. The Kier molecular flexibility index (Phi) is 3.80. The van der Waals surface area contributed by atoms with Crippen LogP contribution in [0.15, 0.2) is 24.5 Å². The largest absolute Gasteiger partial charge is 0.334 e. The number of rotatable bonds is 5. The molecule has 1 aromatic carbocycles. The van der Waals surface area contributed by atoms with Crippen LogP contribution < -0.4 is 10.6 Å². The number of nitrogens with zero attached hydrogens (tertiary/aromatic N) is 2. The Hall–Kier alpha value is -1.39. The van der Waals surface area contributed by atoms with Crippen LogP contribution in [0.4, 0.5) is 0 Å². The number of aromatic nitrogens is 2. The zero-order chi connectivity index (χ0) is 13.1. The van der Waals surface area contributed by atoms with Gasteiger partial charge in [-0.1, -0.05) is 6.07 Å². The van der Waals surface area contributed by atoms with Gasteiger partial charge in [-0.05, 0) is 56.1 Å². The summed E-state index contributed by atoms with van der Waals surface area (Å²) in [4.78, 5) is 4.40. The Morgan fingerprint density at radius 3 is 3.26 bits per heavy atom. The van der Waals surface area contributed by atoms with Crippen molar-refractivity contribution in [3.8, 4) is 0 Å². The molecule has 1 aliphatic heterocycles. The van der Waals surface area contributed by atoms with E-state index in [-0.39, 0.29) is 0 Å². The quantitative estimate of drug-likeness (QED) is 0.802. The molecule has 2 N–H and O–H groups in total. The summed E-state index contributed by atoms with van der Waals surface area (Å²) in [6, 6.07) is 6.52. The number of aryl methyl sites for hydroxylation is 1. The van der Waals surface area contributed by atoms with Crippen LogP contribution in [0.2, 0.25) is 0 Å². The summed E-state index contributed by atoms with van der Waals surface area (Å²) < 4.78 is 2.06. The average molecular weight is 258 g/mol. The Balaban J connectivity index is 1.50. The predicted octanol–water partition coefficient (Wildman–Crippen LogP) is 1.66. The maximum atomic E-state index is 4.40.